The minimum atomic E-state index is -3.43. The lowest BCUT2D eigenvalue weighted by atomic mass is 9.76. The summed E-state index contributed by atoms with van der Waals surface area (Å²) >= 11 is 0. The fourth-order valence-corrected chi connectivity index (χ4v) is 5.52. The number of fused-ring (bicyclic) bond motifs is 2. The van der Waals surface area contributed by atoms with Gasteiger partial charge in [-0.1, -0.05) is 107 Å². The van der Waals surface area contributed by atoms with Crippen LogP contribution in [0.3, 0.4) is 0 Å². The molecule has 0 N–H and O–H groups in total. The third kappa shape index (κ3) is 5.56. The quantitative estimate of drug-likeness (QED) is 0.350. The molecule has 0 aliphatic carbocycles. The van der Waals surface area contributed by atoms with Crippen molar-refractivity contribution in [3.05, 3.63) is 57.6 Å². The zero-order chi connectivity index (χ0) is 26.1. The van der Waals surface area contributed by atoms with E-state index >= 15 is 0 Å². The van der Waals surface area contributed by atoms with E-state index in [2.05, 4.69) is 107 Å². The highest BCUT2D eigenvalue weighted by Gasteiger charge is 2.36. The first kappa shape index (κ1) is 26.9. The van der Waals surface area contributed by atoms with Gasteiger partial charge in [-0.3, -0.25) is 0 Å². The van der Waals surface area contributed by atoms with Gasteiger partial charge in [-0.05, 0) is 43.9 Å². The third-order valence-corrected chi connectivity index (χ3v) is 7.60. The summed E-state index contributed by atoms with van der Waals surface area (Å²) in [6, 6.07) is 8.96. The van der Waals surface area contributed by atoms with Crippen LogP contribution in [0.5, 0.6) is 11.5 Å². The summed E-state index contributed by atoms with van der Waals surface area (Å²) < 4.78 is 26.4. The highest BCUT2D eigenvalue weighted by Crippen LogP contribution is 2.54. The predicted octanol–water partition coefficient (Wildman–Crippen LogP) is 9.06. The van der Waals surface area contributed by atoms with Crippen LogP contribution in [0.1, 0.15) is 116 Å². The normalized spacial score (nSPS) is 16.5. The van der Waals surface area contributed by atoms with Gasteiger partial charge in [0.1, 0.15) is 11.5 Å². The molecule has 0 saturated carbocycles. The molecule has 1 aliphatic rings. The lowest BCUT2D eigenvalue weighted by Gasteiger charge is -2.34. The van der Waals surface area contributed by atoms with E-state index in [9.17, 15) is 4.57 Å². The minimum absolute atomic E-state index is 0.0174. The van der Waals surface area contributed by atoms with E-state index < -0.39 is 7.60 Å². The maximum atomic E-state index is 13.8. The molecule has 0 radical (unpaired) electrons. The molecule has 0 saturated heterocycles. The van der Waals surface area contributed by atoms with E-state index in [-0.39, 0.29) is 21.7 Å². The molecule has 3 nitrogen and oxygen atoms in total. The van der Waals surface area contributed by atoms with E-state index in [1.54, 1.807) is 6.66 Å². The van der Waals surface area contributed by atoms with Gasteiger partial charge in [0.25, 0.3) is 0 Å². The lowest BCUT2D eigenvalue weighted by Crippen LogP contribution is -2.22. The van der Waals surface area contributed by atoms with Crippen molar-refractivity contribution in [3.8, 4) is 11.5 Å². The molecule has 34 heavy (non-hydrogen) atoms. The molecule has 3 rings (SSSR count). The van der Waals surface area contributed by atoms with Gasteiger partial charge in [-0.25, -0.2) is 4.57 Å². The van der Waals surface area contributed by atoms with Crippen LogP contribution in [0.2, 0.25) is 0 Å². The number of hydrogen-bond acceptors (Lipinski definition) is 3. The number of hydrogen-bond donors (Lipinski definition) is 0. The van der Waals surface area contributed by atoms with Crippen molar-refractivity contribution in [2.75, 3.05) is 6.66 Å². The molecular formula is C30H45O3P. The van der Waals surface area contributed by atoms with Gasteiger partial charge in [0.15, 0.2) is 0 Å². The Bertz CT molecular complexity index is 1060. The van der Waals surface area contributed by atoms with E-state index in [1.165, 1.54) is 11.1 Å². The minimum Gasteiger partial charge on any atom is -0.416 e. The molecule has 2 aromatic carbocycles. The molecule has 0 atom stereocenters. The van der Waals surface area contributed by atoms with Gasteiger partial charge in [0, 0.05) is 17.5 Å². The Morgan fingerprint density at radius 2 is 0.912 bits per heavy atom. The highest BCUT2D eigenvalue weighted by molar-refractivity contribution is 7.53. The zero-order valence-electron chi connectivity index (χ0n) is 23.7. The van der Waals surface area contributed by atoms with Gasteiger partial charge in [-0.2, -0.15) is 0 Å². The molecule has 0 unspecified atom stereocenters. The van der Waals surface area contributed by atoms with Gasteiger partial charge in [0.05, 0.1) is 6.66 Å². The predicted molar refractivity (Wildman–Crippen MR) is 145 cm³/mol. The summed E-state index contributed by atoms with van der Waals surface area (Å²) in [5, 5.41) is 0. The molecule has 1 heterocycles. The Balaban J connectivity index is 2.43. The smallest absolute Gasteiger partial charge is 0.416 e. The second-order valence-corrected chi connectivity index (χ2v) is 16.1. The Morgan fingerprint density at radius 1 is 0.588 bits per heavy atom. The van der Waals surface area contributed by atoms with Gasteiger partial charge < -0.3 is 9.05 Å². The monoisotopic (exact) mass is 484 g/mol. The van der Waals surface area contributed by atoms with Crippen molar-refractivity contribution in [2.45, 2.75) is 111 Å². The van der Waals surface area contributed by atoms with Crippen molar-refractivity contribution in [3.63, 3.8) is 0 Å². The molecule has 0 amide bonds. The van der Waals surface area contributed by atoms with Gasteiger partial charge in [-0.15, -0.1) is 0 Å². The topological polar surface area (TPSA) is 35.5 Å². The second-order valence-electron chi connectivity index (χ2n) is 14.2. The van der Waals surface area contributed by atoms with Crippen LogP contribution in [0.15, 0.2) is 24.3 Å². The maximum Gasteiger partial charge on any atom is 0.427 e. The highest BCUT2D eigenvalue weighted by atomic mass is 31.2. The van der Waals surface area contributed by atoms with Gasteiger partial charge >= 0.3 is 7.60 Å². The fourth-order valence-electron chi connectivity index (χ4n) is 4.39. The molecule has 188 valence electrons. The first-order valence-corrected chi connectivity index (χ1v) is 14.4. The SMILES string of the molecule is CC(C)(C)c1cc2c(c(C(C)(C)C)c1)OP(C)(=O)Oc1c(cc(C(C)(C)C)cc1C(C)(C)C)C2. The van der Waals surface area contributed by atoms with E-state index in [0.29, 0.717) is 6.42 Å². The fraction of sp³-hybridized carbons (Fsp3) is 0.600. The summed E-state index contributed by atoms with van der Waals surface area (Å²) in [7, 11) is -3.43. The molecule has 0 spiro atoms. The molecule has 0 bridgehead atoms. The van der Waals surface area contributed by atoms with Crippen LogP contribution in [0, 0.1) is 0 Å². The van der Waals surface area contributed by atoms with Crippen molar-refractivity contribution in [1.82, 2.24) is 0 Å². The first-order chi connectivity index (χ1) is 15.1. The molecule has 2 aromatic rings. The molecular weight excluding hydrogens is 439 g/mol. The molecule has 0 fully saturated rings. The standard InChI is InChI=1S/C30H45O3P/c1-27(2,3)21-15-19-14-20-16-22(28(4,5)6)18-24(30(10,11)12)26(20)33-34(13,31)32-25(19)23(17-21)29(7,8)9/h15-18H,14H2,1-13H3. The summed E-state index contributed by atoms with van der Waals surface area (Å²) in [5.74, 6) is 1.44. The summed E-state index contributed by atoms with van der Waals surface area (Å²) in [6.45, 7) is 28.1. The lowest BCUT2D eigenvalue weighted by molar-refractivity contribution is 0.374. The third-order valence-electron chi connectivity index (χ3n) is 6.57. The summed E-state index contributed by atoms with van der Waals surface area (Å²) in [5.41, 5.74) is 6.46. The van der Waals surface area contributed by atoms with Crippen LogP contribution in [-0.4, -0.2) is 6.66 Å². The second kappa shape index (κ2) is 8.16. The molecule has 0 aromatic heterocycles. The number of benzene rings is 2. The van der Waals surface area contributed by atoms with Crippen LogP contribution in [0.25, 0.3) is 0 Å². The van der Waals surface area contributed by atoms with Crippen LogP contribution in [0.4, 0.5) is 0 Å². The Labute approximate surface area is 208 Å². The van der Waals surface area contributed by atoms with Crippen molar-refractivity contribution in [1.29, 1.82) is 0 Å². The molecule has 1 aliphatic heterocycles. The van der Waals surface area contributed by atoms with Crippen molar-refractivity contribution < 1.29 is 13.6 Å². The van der Waals surface area contributed by atoms with Crippen LogP contribution >= 0.6 is 7.60 Å². The van der Waals surface area contributed by atoms with E-state index in [4.69, 9.17) is 9.05 Å². The van der Waals surface area contributed by atoms with Crippen LogP contribution in [-0.2, 0) is 32.6 Å². The summed E-state index contributed by atoms with van der Waals surface area (Å²) in [4.78, 5) is 0. The van der Waals surface area contributed by atoms with E-state index in [1.807, 2.05) is 0 Å². The number of rotatable bonds is 0. The van der Waals surface area contributed by atoms with Crippen molar-refractivity contribution >= 4 is 7.60 Å². The average molecular weight is 485 g/mol. The van der Waals surface area contributed by atoms with Gasteiger partial charge in [0.2, 0.25) is 0 Å². The maximum absolute atomic E-state index is 13.8. The largest absolute Gasteiger partial charge is 0.427 e. The first-order valence-electron chi connectivity index (χ1n) is 12.4. The Hall–Kier alpha value is -1.73. The Kier molecular flexibility index (Phi) is 6.45. The molecule has 4 heteroatoms. The Morgan fingerprint density at radius 3 is 1.18 bits per heavy atom. The summed E-state index contributed by atoms with van der Waals surface area (Å²) in [6.07, 6.45) is 0.671. The average Bonchev–Trinajstić information content (AvgIpc) is 2.58. The zero-order valence-corrected chi connectivity index (χ0v) is 24.6. The van der Waals surface area contributed by atoms with Crippen LogP contribution < -0.4 is 9.05 Å². The van der Waals surface area contributed by atoms with E-state index in [0.717, 1.165) is 33.8 Å². The van der Waals surface area contributed by atoms with Crippen molar-refractivity contribution in [2.24, 2.45) is 0 Å².